The smallest absolute Gasteiger partial charge is 0.125 e. The van der Waals surface area contributed by atoms with Crippen molar-refractivity contribution < 1.29 is 9.84 Å². The van der Waals surface area contributed by atoms with Crippen LogP contribution in [-0.2, 0) is 0 Å². The lowest BCUT2D eigenvalue weighted by Crippen LogP contribution is -2.04. The van der Waals surface area contributed by atoms with Gasteiger partial charge in [-0.05, 0) is 19.4 Å². The number of hydrogen-bond acceptors (Lipinski definition) is 4. The topological polar surface area (TPSA) is 42.4 Å². The summed E-state index contributed by atoms with van der Waals surface area (Å²) in [7, 11) is 0. The molecule has 0 aliphatic heterocycles. The van der Waals surface area contributed by atoms with E-state index in [4.69, 9.17) is 4.74 Å². The molecular weight excluding hydrogens is 246 g/mol. The van der Waals surface area contributed by atoms with Crippen molar-refractivity contribution in [2.45, 2.75) is 26.4 Å². The van der Waals surface area contributed by atoms with Crippen LogP contribution in [0, 0.1) is 6.92 Å². The van der Waals surface area contributed by atoms with Crippen molar-refractivity contribution in [3.63, 3.8) is 0 Å². The van der Waals surface area contributed by atoms with Crippen LogP contribution in [0.4, 0.5) is 0 Å². The molecule has 2 rings (SSSR count). The third kappa shape index (κ3) is 2.71. The molecule has 0 saturated carbocycles. The number of benzene rings is 1. The van der Waals surface area contributed by atoms with Gasteiger partial charge in [0.15, 0.2) is 0 Å². The number of aliphatic hydroxyl groups is 1. The van der Waals surface area contributed by atoms with Gasteiger partial charge in [-0.3, -0.25) is 0 Å². The Morgan fingerprint density at radius 3 is 2.83 bits per heavy atom. The SMILES string of the molecule is CCCOc1ccccc1C(O)c1scnc1C. The number of aromatic nitrogens is 1. The molecule has 1 N–H and O–H groups in total. The maximum Gasteiger partial charge on any atom is 0.125 e. The Kier molecular flexibility index (Phi) is 4.33. The molecule has 1 heterocycles. The van der Waals surface area contributed by atoms with E-state index in [-0.39, 0.29) is 0 Å². The lowest BCUT2D eigenvalue weighted by molar-refractivity contribution is 0.213. The van der Waals surface area contributed by atoms with Crippen LogP contribution < -0.4 is 4.74 Å². The lowest BCUT2D eigenvalue weighted by atomic mass is 10.1. The number of thiazole rings is 1. The third-order valence-corrected chi connectivity index (χ3v) is 3.69. The van der Waals surface area contributed by atoms with E-state index in [1.807, 2.05) is 31.2 Å². The Morgan fingerprint density at radius 1 is 1.39 bits per heavy atom. The van der Waals surface area contributed by atoms with Crippen molar-refractivity contribution in [3.8, 4) is 5.75 Å². The normalized spacial score (nSPS) is 12.4. The molecular formula is C14H17NO2S. The molecule has 18 heavy (non-hydrogen) atoms. The molecule has 4 heteroatoms. The van der Waals surface area contributed by atoms with Crippen LogP contribution in [-0.4, -0.2) is 16.7 Å². The van der Waals surface area contributed by atoms with Gasteiger partial charge in [0.05, 0.1) is 22.7 Å². The van der Waals surface area contributed by atoms with Crippen LogP contribution >= 0.6 is 11.3 Å². The highest BCUT2D eigenvalue weighted by Crippen LogP contribution is 2.33. The van der Waals surface area contributed by atoms with Gasteiger partial charge in [0.2, 0.25) is 0 Å². The Morgan fingerprint density at radius 2 is 2.17 bits per heavy atom. The van der Waals surface area contributed by atoms with Crippen LogP contribution in [0.3, 0.4) is 0 Å². The van der Waals surface area contributed by atoms with Gasteiger partial charge in [-0.1, -0.05) is 25.1 Å². The maximum atomic E-state index is 10.4. The third-order valence-electron chi connectivity index (χ3n) is 2.71. The van der Waals surface area contributed by atoms with E-state index in [9.17, 15) is 5.11 Å². The fourth-order valence-electron chi connectivity index (χ4n) is 1.76. The standard InChI is InChI=1S/C14H17NO2S/c1-3-8-17-12-7-5-4-6-11(12)13(16)14-10(2)15-9-18-14/h4-7,9,13,16H,3,8H2,1-2H3. The van der Waals surface area contributed by atoms with Gasteiger partial charge in [-0.25, -0.2) is 4.98 Å². The van der Waals surface area contributed by atoms with Crippen molar-refractivity contribution in [2.75, 3.05) is 6.61 Å². The Hall–Kier alpha value is -1.39. The minimum absolute atomic E-state index is 0.658. The fraction of sp³-hybridized carbons (Fsp3) is 0.357. The minimum Gasteiger partial charge on any atom is -0.493 e. The van der Waals surface area contributed by atoms with Crippen LogP contribution in [0.5, 0.6) is 5.75 Å². The van der Waals surface area contributed by atoms with Crippen LogP contribution in [0.15, 0.2) is 29.8 Å². The number of nitrogens with zero attached hydrogens (tertiary/aromatic N) is 1. The first-order valence-electron chi connectivity index (χ1n) is 6.03. The molecule has 0 fully saturated rings. The number of aryl methyl sites for hydroxylation is 1. The van der Waals surface area contributed by atoms with Crippen molar-refractivity contribution in [1.82, 2.24) is 4.98 Å². The molecule has 1 unspecified atom stereocenters. The molecule has 0 amide bonds. The molecule has 1 aromatic carbocycles. The predicted octanol–water partition coefficient (Wildman–Crippen LogP) is 3.32. The lowest BCUT2D eigenvalue weighted by Gasteiger charge is -2.15. The number of aliphatic hydroxyl groups excluding tert-OH is 1. The average Bonchev–Trinajstić information content (AvgIpc) is 2.82. The minimum atomic E-state index is -0.662. The first kappa shape index (κ1) is 13.1. The van der Waals surface area contributed by atoms with E-state index in [0.717, 1.165) is 28.3 Å². The van der Waals surface area contributed by atoms with Gasteiger partial charge in [0, 0.05) is 5.56 Å². The summed E-state index contributed by atoms with van der Waals surface area (Å²) < 4.78 is 5.67. The van der Waals surface area contributed by atoms with Gasteiger partial charge >= 0.3 is 0 Å². The zero-order valence-corrected chi connectivity index (χ0v) is 11.4. The van der Waals surface area contributed by atoms with E-state index >= 15 is 0 Å². The molecule has 2 aromatic rings. The molecule has 0 aliphatic carbocycles. The van der Waals surface area contributed by atoms with Crippen molar-refractivity contribution in [2.24, 2.45) is 0 Å². The summed E-state index contributed by atoms with van der Waals surface area (Å²) in [5, 5.41) is 10.4. The van der Waals surface area contributed by atoms with Gasteiger partial charge in [0.1, 0.15) is 11.9 Å². The first-order chi connectivity index (χ1) is 8.74. The summed E-state index contributed by atoms with van der Waals surface area (Å²) in [6.07, 6.45) is 0.287. The first-order valence-corrected chi connectivity index (χ1v) is 6.91. The number of para-hydroxylation sites is 1. The van der Waals surface area contributed by atoms with Crippen LogP contribution in [0.1, 0.15) is 35.6 Å². The molecule has 1 atom stereocenters. The number of rotatable bonds is 5. The molecule has 0 saturated heterocycles. The molecule has 0 bridgehead atoms. The van der Waals surface area contributed by atoms with Gasteiger partial charge in [-0.15, -0.1) is 11.3 Å². The molecule has 96 valence electrons. The highest BCUT2D eigenvalue weighted by atomic mass is 32.1. The predicted molar refractivity (Wildman–Crippen MR) is 73.1 cm³/mol. The quantitative estimate of drug-likeness (QED) is 0.899. The van der Waals surface area contributed by atoms with Crippen molar-refractivity contribution in [3.05, 3.63) is 45.9 Å². The highest BCUT2D eigenvalue weighted by Gasteiger charge is 2.18. The Balaban J connectivity index is 2.30. The maximum absolute atomic E-state index is 10.4. The molecule has 3 nitrogen and oxygen atoms in total. The van der Waals surface area contributed by atoms with E-state index in [1.54, 1.807) is 5.51 Å². The largest absolute Gasteiger partial charge is 0.493 e. The average molecular weight is 263 g/mol. The van der Waals surface area contributed by atoms with Crippen molar-refractivity contribution in [1.29, 1.82) is 0 Å². The molecule has 0 aliphatic rings. The number of hydrogen-bond donors (Lipinski definition) is 1. The van der Waals surface area contributed by atoms with Crippen molar-refractivity contribution >= 4 is 11.3 Å². The highest BCUT2D eigenvalue weighted by molar-refractivity contribution is 7.09. The second-order valence-electron chi connectivity index (χ2n) is 4.09. The summed E-state index contributed by atoms with van der Waals surface area (Å²) in [6, 6.07) is 7.62. The van der Waals surface area contributed by atoms with Gasteiger partial charge < -0.3 is 9.84 Å². The summed E-state index contributed by atoms with van der Waals surface area (Å²) in [5.41, 5.74) is 3.43. The van der Waals surface area contributed by atoms with E-state index in [0.29, 0.717) is 6.61 Å². The van der Waals surface area contributed by atoms with E-state index in [2.05, 4.69) is 11.9 Å². The van der Waals surface area contributed by atoms with Crippen LogP contribution in [0.2, 0.25) is 0 Å². The van der Waals surface area contributed by atoms with Gasteiger partial charge in [-0.2, -0.15) is 0 Å². The van der Waals surface area contributed by atoms with Crippen LogP contribution in [0.25, 0.3) is 0 Å². The van der Waals surface area contributed by atoms with Gasteiger partial charge in [0.25, 0.3) is 0 Å². The fourth-order valence-corrected chi connectivity index (χ4v) is 2.57. The Labute approximate surface area is 111 Å². The second-order valence-corrected chi connectivity index (χ2v) is 4.98. The van der Waals surface area contributed by atoms with E-state index < -0.39 is 6.10 Å². The second kappa shape index (κ2) is 5.98. The summed E-state index contributed by atoms with van der Waals surface area (Å²) >= 11 is 1.47. The summed E-state index contributed by atoms with van der Waals surface area (Å²) in [6.45, 7) is 4.63. The number of ether oxygens (including phenoxy) is 1. The monoisotopic (exact) mass is 263 g/mol. The Bertz CT molecular complexity index is 510. The summed E-state index contributed by atoms with van der Waals surface area (Å²) in [4.78, 5) is 5.05. The summed E-state index contributed by atoms with van der Waals surface area (Å²) in [5.74, 6) is 0.750. The zero-order chi connectivity index (χ0) is 13.0. The molecule has 0 spiro atoms. The van der Waals surface area contributed by atoms with E-state index in [1.165, 1.54) is 11.3 Å². The zero-order valence-electron chi connectivity index (χ0n) is 10.6. The molecule has 1 aromatic heterocycles. The molecule has 0 radical (unpaired) electrons.